The number of rotatable bonds is 3. The highest BCUT2D eigenvalue weighted by atomic mass is 16.5. The highest BCUT2D eigenvalue weighted by Gasteiger charge is 2.05. The van der Waals surface area contributed by atoms with Gasteiger partial charge in [-0.15, -0.1) is 0 Å². The molecule has 0 bridgehead atoms. The van der Waals surface area contributed by atoms with E-state index < -0.39 is 5.97 Å². The van der Waals surface area contributed by atoms with E-state index >= 15 is 0 Å². The van der Waals surface area contributed by atoms with Gasteiger partial charge in [0.1, 0.15) is 17.8 Å². The second-order valence-electron chi connectivity index (χ2n) is 2.53. The van der Waals surface area contributed by atoms with Crippen LogP contribution in [0.25, 0.3) is 6.08 Å². The minimum Gasteiger partial charge on any atom is -0.466 e. The van der Waals surface area contributed by atoms with Crippen molar-refractivity contribution in [1.82, 2.24) is 9.97 Å². The first-order chi connectivity index (χ1) is 7.19. The maximum absolute atomic E-state index is 10.8. The molecule has 0 spiro atoms. The molecule has 0 aliphatic rings. The zero-order valence-electron chi connectivity index (χ0n) is 8.01. The first-order valence-corrected chi connectivity index (χ1v) is 4.00. The largest absolute Gasteiger partial charge is 0.466 e. The molecule has 1 aromatic rings. The maximum Gasteiger partial charge on any atom is 0.330 e. The van der Waals surface area contributed by atoms with Crippen LogP contribution in [0.3, 0.4) is 0 Å². The van der Waals surface area contributed by atoms with Gasteiger partial charge in [-0.2, -0.15) is 0 Å². The normalized spacial score (nSPS) is 10.2. The smallest absolute Gasteiger partial charge is 0.330 e. The average molecular weight is 207 g/mol. The Morgan fingerprint density at radius 3 is 2.87 bits per heavy atom. The molecule has 0 radical (unpaired) electrons. The summed E-state index contributed by atoms with van der Waals surface area (Å²) in [7, 11) is 1.25. The van der Waals surface area contributed by atoms with Gasteiger partial charge in [0.25, 0.3) is 0 Å². The zero-order chi connectivity index (χ0) is 11.3. The van der Waals surface area contributed by atoms with Crippen LogP contribution in [0.4, 0.5) is 5.82 Å². The number of nitrogens with zero attached hydrogens (tertiary/aromatic N) is 2. The van der Waals surface area contributed by atoms with Gasteiger partial charge >= 0.3 is 5.97 Å². The zero-order valence-corrected chi connectivity index (χ0v) is 8.01. The number of nitrogen functional groups attached to an aromatic ring is 1. The number of ether oxygens (including phenoxy) is 1. The van der Waals surface area contributed by atoms with Crippen molar-refractivity contribution in [1.29, 1.82) is 0 Å². The van der Waals surface area contributed by atoms with Crippen LogP contribution in [0.5, 0.6) is 0 Å². The van der Waals surface area contributed by atoms with E-state index in [-0.39, 0.29) is 11.5 Å². The van der Waals surface area contributed by atoms with E-state index in [0.29, 0.717) is 11.8 Å². The molecule has 0 saturated carbocycles. The highest BCUT2D eigenvalue weighted by Crippen LogP contribution is 2.12. The second kappa shape index (κ2) is 4.85. The Hall–Kier alpha value is -2.24. The van der Waals surface area contributed by atoms with Crippen molar-refractivity contribution in [3.8, 4) is 0 Å². The fourth-order valence-corrected chi connectivity index (χ4v) is 0.908. The number of hydrogen-bond acceptors (Lipinski definition) is 6. The van der Waals surface area contributed by atoms with Crippen molar-refractivity contribution in [3.63, 3.8) is 0 Å². The van der Waals surface area contributed by atoms with E-state index in [0.717, 1.165) is 6.08 Å². The lowest BCUT2D eigenvalue weighted by atomic mass is 10.2. The summed E-state index contributed by atoms with van der Waals surface area (Å²) in [4.78, 5) is 28.8. The Morgan fingerprint density at radius 1 is 1.53 bits per heavy atom. The summed E-state index contributed by atoms with van der Waals surface area (Å²) >= 11 is 0. The predicted octanol–water partition coefficient (Wildman–Crippen LogP) is 0.0575. The summed E-state index contributed by atoms with van der Waals surface area (Å²) in [5.41, 5.74) is 5.94. The number of esters is 1. The SMILES string of the molecule is COC(=O)/C=C/c1c(N)ncnc1C=O. The van der Waals surface area contributed by atoms with Crippen molar-refractivity contribution in [2.75, 3.05) is 12.8 Å². The molecular formula is C9H9N3O3. The number of aldehydes is 1. The Balaban J connectivity index is 3.07. The molecule has 1 aromatic heterocycles. The van der Waals surface area contributed by atoms with Gasteiger partial charge in [-0.25, -0.2) is 14.8 Å². The van der Waals surface area contributed by atoms with Crippen LogP contribution in [0.15, 0.2) is 12.4 Å². The molecule has 0 unspecified atom stereocenters. The Labute approximate surface area is 85.8 Å². The van der Waals surface area contributed by atoms with E-state index in [2.05, 4.69) is 14.7 Å². The molecule has 0 aromatic carbocycles. The van der Waals surface area contributed by atoms with Crippen LogP contribution in [0.2, 0.25) is 0 Å². The van der Waals surface area contributed by atoms with Crippen molar-refractivity contribution in [2.24, 2.45) is 0 Å². The van der Waals surface area contributed by atoms with Gasteiger partial charge in [0.2, 0.25) is 0 Å². The van der Waals surface area contributed by atoms with Crippen LogP contribution in [0.1, 0.15) is 16.1 Å². The summed E-state index contributed by atoms with van der Waals surface area (Å²) in [6, 6.07) is 0. The first-order valence-electron chi connectivity index (χ1n) is 4.00. The van der Waals surface area contributed by atoms with E-state index in [1.807, 2.05) is 0 Å². The highest BCUT2D eigenvalue weighted by molar-refractivity contribution is 5.91. The molecule has 15 heavy (non-hydrogen) atoms. The van der Waals surface area contributed by atoms with Crippen molar-refractivity contribution >= 4 is 24.1 Å². The summed E-state index contributed by atoms with van der Waals surface area (Å²) in [6.07, 6.45) is 4.19. The fourth-order valence-electron chi connectivity index (χ4n) is 0.908. The standard InChI is InChI=1S/C9H9N3O3/c1-15-8(14)3-2-6-7(4-13)11-5-12-9(6)10/h2-5H,1H3,(H2,10,11,12)/b3-2+. The molecule has 0 saturated heterocycles. The Morgan fingerprint density at radius 2 is 2.27 bits per heavy atom. The van der Waals surface area contributed by atoms with Crippen molar-refractivity contribution in [2.45, 2.75) is 0 Å². The van der Waals surface area contributed by atoms with Crippen LogP contribution in [-0.2, 0) is 9.53 Å². The minimum absolute atomic E-state index is 0.127. The van der Waals surface area contributed by atoms with Gasteiger partial charge in [0, 0.05) is 11.6 Å². The lowest BCUT2D eigenvalue weighted by Gasteiger charge is -2.00. The number of aromatic nitrogens is 2. The molecular weight excluding hydrogens is 198 g/mol. The molecule has 0 fully saturated rings. The third-order valence-electron chi connectivity index (χ3n) is 1.64. The van der Waals surface area contributed by atoms with Gasteiger partial charge in [-0.3, -0.25) is 4.79 Å². The van der Waals surface area contributed by atoms with Crippen LogP contribution in [0, 0.1) is 0 Å². The average Bonchev–Trinajstić information content (AvgIpc) is 2.26. The molecule has 1 heterocycles. The first kappa shape index (κ1) is 10.8. The monoisotopic (exact) mass is 207 g/mol. The van der Waals surface area contributed by atoms with Gasteiger partial charge in [-0.1, -0.05) is 0 Å². The quantitative estimate of drug-likeness (QED) is 0.427. The Bertz CT molecular complexity index is 415. The topological polar surface area (TPSA) is 95.2 Å². The molecule has 0 aliphatic carbocycles. The maximum atomic E-state index is 10.8. The van der Waals surface area contributed by atoms with Crippen molar-refractivity contribution in [3.05, 3.63) is 23.7 Å². The Kier molecular flexibility index (Phi) is 3.50. The van der Waals surface area contributed by atoms with Gasteiger partial charge in [0.15, 0.2) is 6.29 Å². The molecule has 6 heteroatoms. The third kappa shape index (κ3) is 2.60. The second-order valence-corrected chi connectivity index (χ2v) is 2.53. The van der Waals surface area contributed by atoms with E-state index in [4.69, 9.17) is 5.73 Å². The van der Waals surface area contributed by atoms with Gasteiger partial charge < -0.3 is 10.5 Å². The summed E-state index contributed by atoms with van der Waals surface area (Å²) in [6.45, 7) is 0. The predicted molar refractivity (Wildman–Crippen MR) is 52.9 cm³/mol. The number of carbonyl (C=O) groups excluding carboxylic acids is 2. The molecule has 0 atom stereocenters. The van der Waals surface area contributed by atoms with E-state index in [1.54, 1.807) is 0 Å². The number of anilines is 1. The van der Waals surface area contributed by atoms with Gasteiger partial charge in [-0.05, 0) is 6.08 Å². The summed E-state index contributed by atoms with van der Waals surface area (Å²) < 4.78 is 4.39. The number of carbonyl (C=O) groups is 2. The van der Waals surface area contributed by atoms with E-state index in [1.165, 1.54) is 19.5 Å². The number of nitrogens with two attached hydrogens (primary N) is 1. The van der Waals surface area contributed by atoms with Crippen LogP contribution >= 0.6 is 0 Å². The number of hydrogen-bond donors (Lipinski definition) is 1. The number of methoxy groups -OCH3 is 1. The molecule has 6 nitrogen and oxygen atoms in total. The fraction of sp³-hybridized carbons (Fsp3) is 0.111. The molecule has 78 valence electrons. The molecule has 2 N–H and O–H groups in total. The third-order valence-corrected chi connectivity index (χ3v) is 1.64. The minimum atomic E-state index is -0.546. The summed E-state index contributed by atoms with van der Waals surface area (Å²) in [5, 5.41) is 0. The molecule has 0 aliphatic heterocycles. The van der Waals surface area contributed by atoms with Gasteiger partial charge in [0.05, 0.1) is 7.11 Å². The van der Waals surface area contributed by atoms with E-state index in [9.17, 15) is 9.59 Å². The summed E-state index contributed by atoms with van der Waals surface area (Å²) in [5.74, 6) is -0.414. The van der Waals surface area contributed by atoms with Crippen molar-refractivity contribution < 1.29 is 14.3 Å². The van der Waals surface area contributed by atoms with Crippen LogP contribution < -0.4 is 5.73 Å². The molecule has 0 amide bonds. The lowest BCUT2D eigenvalue weighted by Crippen LogP contribution is -2.01. The molecule has 1 rings (SSSR count). The van der Waals surface area contributed by atoms with Crippen LogP contribution in [-0.4, -0.2) is 29.3 Å². The lowest BCUT2D eigenvalue weighted by molar-refractivity contribution is -0.134.